The number of aliphatic hydroxyl groups is 1. The van der Waals surface area contributed by atoms with Crippen LogP contribution in [0.25, 0.3) is 0 Å². The second-order valence-corrected chi connectivity index (χ2v) is 1.80. The van der Waals surface area contributed by atoms with Gasteiger partial charge in [0.15, 0.2) is 5.92 Å². The van der Waals surface area contributed by atoms with Crippen LogP contribution in [0.3, 0.4) is 0 Å². The van der Waals surface area contributed by atoms with Gasteiger partial charge >= 0.3 is 12.1 Å². The van der Waals surface area contributed by atoms with E-state index in [1.165, 1.54) is 0 Å². The van der Waals surface area contributed by atoms with Crippen molar-refractivity contribution < 1.29 is 27.8 Å². The number of alkyl halides is 3. The Morgan fingerprint density at radius 1 is 1.64 bits per heavy atom. The molecule has 0 aromatic rings. The van der Waals surface area contributed by atoms with Crippen LogP contribution in [0.15, 0.2) is 0 Å². The zero-order chi connectivity index (χ0) is 9.07. The summed E-state index contributed by atoms with van der Waals surface area (Å²) in [4.78, 5) is 10.3. The largest absolute Gasteiger partial charge is 0.468 e. The van der Waals surface area contributed by atoms with Gasteiger partial charge in [0, 0.05) is 0 Å². The molecule has 0 aliphatic rings. The Kier molecular flexibility index (Phi) is 3.31. The maximum absolute atomic E-state index is 11.7. The smallest absolute Gasteiger partial charge is 0.404 e. The highest BCUT2D eigenvalue weighted by Crippen LogP contribution is 2.26. The number of carbonyl (C=O) groups is 1. The van der Waals surface area contributed by atoms with E-state index >= 15 is 0 Å². The fraction of sp³-hybridized carbons (Fsp3) is 0.800. The van der Waals surface area contributed by atoms with E-state index in [1.807, 2.05) is 0 Å². The second-order valence-electron chi connectivity index (χ2n) is 1.80. The molecule has 11 heavy (non-hydrogen) atoms. The number of esters is 1. The fourth-order valence-electron chi connectivity index (χ4n) is 0.454. The minimum absolute atomic E-state index is 0.830. The summed E-state index contributed by atoms with van der Waals surface area (Å²) in [7, 11) is 0.830. The first-order chi connectivity index (χ1) is 4.93. The Hall–Kier alpha value is -0.780. The Morgan fingerprint density at radius 2 is 2.09 bits per heavy atom. The molecule has 0 fully saturated rings. The molecule has 1 atom stereocenters. The highest BCUT2D eigenvalue weighted by Gasteiger charge is 2.45. The van der Waals surface area contributed by atoms with Gasteiger partial charge in [0.1, 0.15) is 0 Å². The Bertz CT molecular complexity index is 142. The van der Waals surface area contributed by atoms with Crippen molar-refractivity contribution in [3.8, 4) is 0 Å². The molecular formula is C5H7F3O3. The highest BCUT2D eigenvalue weighted by molar-refractivity contribution is 5.73. The van der Waals surface area contributed by atoms with E-state index in [1.54, 1.807) is 0 Å². The van der Waals surface area contributed by atoms with Crippen LogP contribution in [0.5, 0.6) is 0 Å². The van der Waals surface area contributed by atoms with Crippen molar-refractivity contribution in [3.63, 3.8) is 0 Å². The average Bonchev–Trinajstić information content (AvgIpc) is 1.86. The summed E-state index contributed by atoms with van der Waals surface area (Å²) < 4.78 is 38.9. The average molecular weight is 172 g/mol. The van der Waals surface area contributed by atoms with Crippen molar-refractivity contribution in [2.24, 2.45) is 5.92 Å². The summed E-state index contributed by atoms with van der Waals surface area (Å²) in [6, 6.07) is 0. The molecule has 0 aliphatic heterocycles. The van der Waals surface area contributed by atoms with E-state index in [9.17, 15) is 18.0 Å². The Morgan fingerprint density at radius 3 is 2.18 bits per heavy atom. The summed E-state index contributed by atoms with van der Waals surface area (Å²) in [5.41, 5.74) is 0. The van der Waals surface area contributed by atoms with Gasteiger partial charge in [-0.1, -0.05) is 0 Å². The quantitative estimate of drug-likeness (QED) is 0.610. The van der Waals surface area contributed by atoms with E-state index in [0.717, 1.165) is 7.11 Å². The molecule has 1 unspecified atom stereocenters. The van der Waals surface area contributed by atoms with Crippen LogP contribution >= 0.6 is 0 Å². The minimum atomic E-state index is -4.73. The number of halogens is 3. The molecular weight excluding hydrogens is 165 g/mol. The summed E-state index contributed by atoms with van der Waals surface area (Å²) in [6.07, 6.45) is -4.73. The van der Waals surface area contributed by atoms with Gasteiger partial charge in [-0.2, -0.15) is 13.2 Å². The van der Waals surface area contributed by atoms with Gasteiger partial charge in [-0.05, 0) is 0 Å². The highest BCUT2D eigenvalue weighted by atomic mass is 19.4. The van der Waals surface area contributed by atoms with Gasteiger partial charge in [-0.3, -0.25) is 4.79 Å². The van der Waals surface area contributed by atoms with Crippen LogP contribution in [-0.4, -0.2) is 31.0 Å². The van der Waals surface area contributed by atoms with E-state index in [0.29, 0.717) is 0 Å². The fourth-order valence-corrected chi connectivity index (χ4v) is 0.454. The Labute approximate surface area is 60.8 Å². The lowest BCUT2D eigenvalue weighted by molar-refractivity contribution is -0.201. The first-order valence-electron chi connectivity index (χ1n) is 2.69. The number of hydrogen-bond acceptors (Lipinski definition) is 3. The van der Waals surface area contributed by atoms with Crippen molar-refractivity contribution in [3.05, 3.63) is 0 Å². The second kappa shape index (κ2) is 3.56. The van der Waals surface area contributed by atoms with Crippen molar-refractivity contribution >= 4 is 5.97 Å². The molecule has 0 aliphatic carbocycles. The molecule has 0 aromatic heterocycles. The molecule has 66 valence electrons. The molecule has 0 radical (unpaired) electrons. The van der Waals surface area contributed by atoms with Gasteiger partial charge in [0.2, 0.25) is 0 Å². The van der Waals surface area contributed by atoms with Crippen molar-refractivity contribution in [2.45, 2.75) is 6.18 Å². The topological polar surface area (TPSA) is 46.5 Å². The first kappa shape index (κ1) is 10.2. The summed E-state index contributed by atoms with van der Waals surface area (Å²) in [5.74, 6) is -3.90. The van der Waals surface area contributed by atoms with Gasteiger partial charge in [0.25, 0.3) is 0 Å². The molecule has 0 amide bonds. The predicted molar refractivity (Wildman–Crippen MR) is 28.6 cm³/mol. The summed E-state index contributed by atoms with van der Waals surface area (Å²) >= 11 is 0. The van der Waals surface area contributed by atoms with Crippen LogP contribution in [0, 0.1) is 5.92 Å². The summed E-state index contributed by atoms with van der Waals surface area (Å²) in [6.45, 7) is -1.28. The van der Waals surface area contributed by atoms with Crippen molar-refractivity contribution in [2.75, 3.05) is 13.7 Å². The van der Waals surface area contributed by atoms with Crippen molar-refractivity contribution in [1.82, 2.24) is 0 Å². The van der Waals surface area contributed by atoms with Crippen LogP contribution in [0.2, 0.25) is 0 Å². The monoisotopic (exact) mass is 172 g/mol. The third kappa shape index (κ3) is 2.75. The molecule has 0 saturated carbocycles. The number of aliphatic hydroxyl groups excluding tert-OH is 1. The molecule has 0 spiro atoms. The maximum Gasteiger partial charge on any atom is 0.404 e. The predicted octanol–water partition coefficient (Wildman–Crippen LogP) is 0.330. The number of rotatable bonds is 2. The molecule has 3 nitrogen and oxygen atoms in total. The zero-order valence-electron chi connectivity index (χ0n) is 5.68. The zero-order valence-corrected chi connectivity index (χ0v) is 5.68. The number of hydrogen-bond donors (Lipinski definition) is 1. The normalized spacial score (nSPS) is 14.3. The minimum Gasteiger partial charge on any atom is -0.468 e. The molecule has 6 heteroatoms. The maximum atomic E-state index is 11.7. The third-order valence-electron chi connectivity index (χ3n) is 1.06. The summed E-state index contributed by atoms with van der Waals surface area (Å²) in [5, 5.41) is 8.14. The number of methoxy groups -OCH3 is 1. The lowest BCUT2D eigenvalue weighted by Crippen LogP contribution is -2.34. The molecule has 1 N–H and O–H groups in total. The van der Waals surface area contributed by atoms with E-state index in [-0.39, 0.29) is 0 Å². The number of carbonyl (C=O) groups excluding carboxylic acids is 1. The number of ether oxygens (including phenoxy) is 1. The van der Waals surface area contributed by atoms with Crippen LogP contribution in [0.1, 0.15) is 0 Å². The molecule has 0 aromatic carbocycles. The molecule has 0 saturated heterocycles. The third-order valence-corrected chi connectivity index (χ3v) is 1.06. The standard InChI is InChI=1S/C5H7F3O3/c1-11-4(10)3(2-9)5(6,7)8/h3,9H,2H2,1H3. The molecule has 0 rings (SSSR count). The van der Waals surface area contributed by atoms with Crippen molar-refractivity contribution in [1.29, 1.82) is 0 Å². The van der Waals surface area contributed by atoms with Crippen LogP contribution < -0.4 is 0 Å². The van der Waals surface area contributed by atoms with E-state index < -0.39 is 24.7 Å². The lowest BCUT2D eigenvalue weighted by atomic mass is 10.1. The van der Waals surface area contributed by atoms with Gasteiger partial charge in [-0.15, -0.1) is 0 Å². The van der Waals surface area contributed by atoms with Crippen LogP contribution in [-0.2, 0) is 9.53 Å². The lowest BCUT2D eigenvalue weighted by Gasteiger charge is -2.14. The van der Waals surface area contributed by atoms with E-state index in [4.69, 9.17) is 5.11 Å². The molecule has 0 heterocycles. The van der Waals surface area contributed by atoms with Gasteiger partial charge in [-0.25, -0.2) is 0 Å². The van der Waals surface area contributed by atoms with Crippen LogP contribution in [0.4, 0.5) is 13.2 Å². The SMILES string of the molecule is COC(=O)C(CO)C(F)(F)F. The molecule has 0 bridgehead atoms. The van der Waals surface area contributed by atoms with E-state index in [2.05, 4.69) is 4.74 Å². The first-order valence-corrected chi connectivity index (χ1v) is 2.69. The van der Waals surface area contributed by atoms with Gasteiger partial charge < -0.3 is 9.84 Å². The van der Waals surface area contributed by atoms with Gasteiger partial charge in [0.05, 0.1) is 13.7 Å². The Balaban J connectivity index is 4.29.